The summed E-state index contributed by atoms with van der Waals surface area (Å²) in [4.78, 5) is 12.9. The van der Waals surface area contributed by atoms with E-state index in [2.05, 4.69) is 0 Å². The quantitative estimate of drug-likeness (QED) is 0.742. The molecule has 0 bridgehead atoms. The van der Waals surface area contributed by atoms with Crippen LogP contribution in [-0.2, 0) is 4.79 Å². The maximum absolute atomic E-state index is 12.6. The topological polar surface area (TPSA) is 44.1 Å². The first-order valence-corrected chi connectivity index (χ1v) is 4.49. The first-order valence-electron chi connectivity index (χ1n) is 4.49. The van der Waals surface area contributed by atoms with E-state index in [1.807, 2.05) is 6.07 Å². The van der Waals surface area contributed by atoms with Gasteiger partial charge in [0.05, 0.1) is 6.07 Å². The van der Waals surface area contributed by atoms with E-state index in [-0.39, 0.29) is 11.7 Å². The molecule has 0 heterocycles. The monoisotopic (exact) mass is 206 g/mol. The fraction of sp³-hybridized carbons (Fsp3) is 0.273. The van der Waals surface area contributed by atoms with E-state index in [1.54, 1.807) is 7.05 Å². The lowest BCUT2D eigenvalue weighted by Crippen LogP contribution is -2.30. The summed E-state index contributed by atoms with van der Waals surface area (Å²) in [6.07, 6.45) is 0. The van der Waals surface area contributed by atoms with Crippen LogP contribution in [0.5, 0.6) is 0 Å². The summed E-state index contributed by atoms with van der Waals surface area (Å²) >= 11 is 0. The number of amides is 1. The molecule has 1 unspecified atom stereocenters. The molecular weight excluding hydrogens is 195 g/mol. The van der Waals surface area contributed by atoms with Gasteiger partial charge >= 0.3 is 0 Å². The molecule has 0 saturated carbocycles. The zero-order valence-electron chi connectivity index (χ0n) is 8.57. The molecule has 0 radical (unpaired) electrons. The Morgan fingerprint density at radius 2 is 2.00 bits per heavy atom. The summed E-state index contributed by atoms with van der Waals surface area (Å²) in [5, 5.41) is 8.59. The molecule has 0 fully saturated rings. The lowest BCUT2D eigenvalue weighted by Gasteiger charge is -2.18. The molecule has 15 heavy (non-hydrogen) atoms. The highest BCUT2D eigenvalue weighted by molar-refractivity contribution is 5.95. The number of nitriles is 1. The second-order valence-corrected chi connectivity index (χ2v) is 3.22. The van der Waals surface area contributed by atoms with Gasteiger partial charge in [-0.05, 0) is 31.2 Å². The van der Waals surface area contributed by atoms with Gasteiger partial charge in [-0.15, -0.1) is 0 Å². The normalized spacial score (nSPS) is 11.6. The lowest BCUT2D eigenvalue weighted by atomic mass is 10.1. The largest absolute Gasteiger partial charge is 0.314 e. The predicted octanol–water partition coefficient (Wildman–Crippen LogP) is 1.95. The standard InChI is InChI=1S/C11H11FN2O/c1-8(7-13)11(15)14(2)10-5-3-9(12)4-6-10/h3-6,8H,1-2H3. The number of nitrogens with zero attached hydrogens (tertiary/aromatic N) is 2. The van der Waals surface area contributed by atoms with Gasteiger partial charge < -0.3 is 4.90 Å². The summed E-state index contributed by atoms with van der Waals surface area (Å²) in [5.74, 6) is -1.35. The van der Waals surface area contributed by atoms with Crippen LogP contribution < -0.4 is 4.90 Å². The zero-order chi connectivity index (χ0) is 11.4. The molecule has 4 heteroatoms. The van der Waals surface area contributed by atoms with E-state index in [0.29, 0.717) is 5.69 Å². The second-order valence-electron chi connectivity index (χ2n) is 3.22. The highest BCUT2D eigenvalue weighted by Gasteiger charge is 2.17. The van der Waals surface area contributed by atoms with Crippen molar-refractivity contribution in [1.82, 2.24) is 0 Å². The van der Waals surface area contributed by atoms with Gasteiger partial charge in [-0.1, -0.05) is 0 Å². The molecule has 3 nitrogen and oxygen atoms in total. The minimum absolute atomic E-state index is 0.302. The van der Waals surface area contributed by atoms with Crippen LogP contribution in [0.3, 0.4) is 0 Å². The maximum Gasteiger partial charge on any atom is 0.243 e. The smallest absolute Gasteiger partial charge is 0.243 e. The Kier molecular flexibility index (Phi) is 3.40. The third-order valence-corrected chi connectivity index (χ3v) is 2.11. The number of carbonyl (C=O) groups is 1. The Bertz CT molecular complexity index is 394. The number of hydrogen-bond acceptors (Lipinski definition) is 2. The van der Waals surface area contributed by atoms with E-state index in [4.69, 9.17) is 5.26 Å². The Morgan fingerprint density at radius 3 is 2.47 bits per heavy atom. The van der Waals surface area contributed by atoms with Crippen molar-refractivity contribution in [2.24, 2.45) is 5.92 Å². The third-order valence-electron chi connectivity index (χ3n) is 2.11. The molecule has 1 aromatic rings. The summed E-state index contributed by atoms with van der Waals surface area (Å²) in [5.41, 5.74) is 0.573. The fourth-order valence-electron chi connectivity index (χ4n) is 1.14. The number of halogens is 1. The zero-order valence-corrected chi connectivity index (χ0v) is 8.57. The highest BCUT2D eigenvalue weighted by atomic mass is 19.1. The van der Waals surface area contributed by atoms with Gasteiger partial charge in [0.25, 0.3) is 0 Å². The SMILES string of the molecule is CC(C#N)C(=O)N(C)c1ccc(F)cc1. The average molecular weight is 206 g/mol. The highest BCUT2D eigenvalue weighted by Crippen LogP contribution is 2.15. The van der Waals surface area contributed by atoms with E-state index in [1.165, 1.54) is 36.1 Å². The Balaban J connectivity index is 2.86. The van der Waals surface area contributed by atoms with Gasteiger partial charge in [0.1, 0.15) is 11.7 Å². The van der Waals surface area contributed by atoms with Crippen LogP contribution in [0, 0.1) is 23.1 Å². The van der Waals surface area contributed by atoms with Crippen LogP contribution in [-0.4, -0.2) is 13.0 Å². The minimum Gasteiger partial charge on any atom is -0.314 e. The van der Waals surface area contributed by atoms with E-state index in [9.17, 15) is 9.18 Å². The van der Waals surface area contributed by atoms with Crippen molar-refractivity contribution in [1.29, 1.82) is 5.26 Å². The lowest BCUT2D eigenvalue weighted by molar-refractivity contribution is -0.120. The molecule has 1 amide bonds. The maximum atomic E-state index is 12.6. The summed E-state index contributed by atoms with van der Waals surface area (Å²) < 4.78 is 12.6. The van der Waals surface area contributed by atoms with E-state index < -0.39 is 5.92 Å². The van der Waals surface area contributed by atoms with Gasteiger partial charge in [0.2, 0.25) is 5.91 Å². The van der Waals surface area contributed by atoms with Crippen molar-refractivity contribution >= 4 is 11.6 Å². The number of hydrogen-bond donors (Lipinski definition) is 0. The van der Waals surface area contributed by atoms with Crippen molar-refractivity contribution < 1.29 is 9.18 Å². The summed E-state index contributed by atoms with van der Waals surface area (Å²) in [6.45, 7) is 1.53. The molecule has 0 saturated heterocycles. The van der Waals surface area contributed by atoms with Crippen molar-refractivity contribution in [2.75, 3.05) is 11.9 Å². The molecule has 1 rings (SSSR count). The molecule has 0 spiro atoms. The summed E-state index contributed by atoms with van der Waals surface area (Å²) in [6, 6.07) is 7.40. The van der Waals surface area contributed by atoms with Crippen LogP contribution in [0.1, 0.15) is 6.92 Å². The van der Waals surface area contributed by atoms with Crippen LogP contribution in [0.2, 0.25) is 0 Å². The van der Waals surface area contributed by atoms with Crippen molar-refractivity contribution in [3.8, 4) is 6.07 Å². The average Bonchev–Trinajstić information content (AvgIpc) is 2.27. The minimum atomic E-state index is -0.694. The van der Waals surface area contributed by atoms with Crippen molar-refractivity contribution in [2.45, 2.75) is 6.92 Å². The predicted molar refractivity (Wildman–Crippen MR) is 54.6 cm³/mol. The molecule has 0 aliphatic rings. The van der Waals surface area contributed by atoms with Crippen LogP contribution >= 0.6 is 0 Å². The van der Waals surface area contributed by atoms with Crippen LogP contribution in [0.15, 0.2) is 24.3 Å². The molecule has 0 N–H and O–H groups in total. The second kappa shape index (κ2) is 4.56. The van der Waals surface area contributed by atoms with Crippen molar-refractivity contribution in [3.63, 3.8) is 0 Å². The van der Waals surface area contributed by atoms with E-state index >= 15 is 0 Å². The molecule has 78 valence electrons. The summed E-state index contributed by atoms with van der Waals surface area (Å²) in [7, 11) is 1.56. The van der Waals surface area contributed by atoms with Gasteiger partial charge in [0.15, 0.2) is 0 Å². The number of benzene rings is 1. The number of carbonyl (C=O) groups excluding carboxylic acids is 1. The van der Waals surface area contributed by atoms with E-state index in [0.717, 1.165) is 0 Å². The molecule has 1 aromatic carbocycles. The first kappa shape index (κ1) is 11.2. The molecule has 0 aliphatic carbocycles. The number of anilines is 1. The van der Waals surface area contributed by atoms with Gasteiger partial charge in [-0.25, -0.2) is 4.39 Å². The van der Waals surface area contributed by atoms with Gasteiger partial charge in [-0.2, -0.15) is 5.26 Å². The Labute approximate surface area is 87.7 Å². The van der Waals surface area contributed by atoms with Gasteiger partial charge in [0, 0.05) is 12.7 Å². The molecule has 0 aromatic heterocycles. The molecule has 0 aliphatic heterocycles. The van der Waals surface area contributed by atoms with Crippen LogP contribution in [0.4, 0.5) is 10.1 Å². The Hall–Kier alpha value is -1.89. The van der Waals surface area contributed by atoms with Crippen molar-refractivity contribution in [3.05, 3.63) is 30.1 Å². The first-order chi connectivity index (χ1) is 7.06. The van der Waals surface area contributed by atoms with Crippen LogP contribution in [0.25, 0.3) is 0 Å². The fourth-order valence-corrected chi connectivity index (χ4v) is 1.14. The Morgan fingerprint density at radius 1 is 1.47 bits per heavy atom. The van der Waals surface area contributed by atoms with Gasteiger partial charge in [-0.3, -0.25) is 4.79 Å². The molecule has 1 atom stereocenters. The third kappa shape index (κ3) is 2.53. The number of rotatable bonds is 2. The molecular formula is C11H11FN2O.